The van der Waals surface area contributed by atoms with Crippen LogP contribution in [0.5, 0.6) is 11.5 Å². The summed E-state index contributed by atoms with van der Waals surface area (Å²) in [7, 11) is 0. The van der Waals surface area contributed by atoms with E-state index < -0.39 is 18.3 Å². The first-order valence-corrected chi connectivity index (χ1v) is 6.10. The monoisotopic (exact) mass is 277 g/mol. The second-order valence-electron chi connectivity index (χ2n) is 4.06. The molecule has 0 heterocycles. The van der Waals surface area contributed by atoms with E-state index in [2.05, 4.69) is 0 Å². The van der Waals surface area contributed by atoms with Gasteiger partial charge in [0.25, 0.3) is 0 Å². The van der Waals surface area contributed by atoms with Gasteiger partial charge in [-0.1, -0.05) is 6.92 Å². The van der Waals surface area contributed by atoms with Crippen LogP contribution in [0.15, 0.2) is 24.3 Å². The zero-order valence-corrected chi connectivity index (χ0v) is 10.9. The lowest BCUT2D eigenvalue weighted by Crippen LogP contribution is -2.48. The van der Waals surface area contributed by atoms with E-state index in [0.717, 1.165) is 0 Å². The maximum atomic E-state index is 12.8. The zero-order chi connectivity index (χ0) is 14.5. The highest BCUT2D eigenvalue weighted by Gasteiger charge is 2.45. The number of rotatable bonds is 6. The van der Waals surface area contributed by atoms with Crippen molar-refractivity contribution in [2.75, 3.05) is 6.61 Å². The van der Waals surface area contributed by atoms with Crippen molar-refractivity contribution in [1.82, 2.24) is 0 Å². The molecule has 0 aromatic heterocycles. The Morgan fingerprint density at radius 1 is 1.11 bits per heavy atom. The predicted octanol–water partition coefficient (Wildman–Crippen LogP) is 3.13. The summed E-state index contributed by atoms with van der Waals surface area (Å²) in [6.07, 6.45) is -6.31. The lowest BCUT2D eigenvalue weighted by Gasteiger charge is -2.26. The molecule has 0 amide bonds. The summed E-state index contributed by atoms with van der Waals surface area (Å²) < 4.78 is 48.6. The fourth-order valence-corrected chi connectivity index (χ4v) is 1.54. The molecule has 2 atom stereocenters. The minimum Gasteiger partial charge on any atom is -0.494 e. The molecule has 1 rings (SSSR count). The molecule has 0 fully saturated rings. The van der Waals surface area contributed by atoms with Gasteiger partial charge in [-0.2, -0.15) is 13.2 Å². The fourth-order valence-electron chi connectivity index (χ4n) is 1.54. The molecule has 19 heavy (non-hydrogen) atoms. The van der Waals surface area contributed by atoms with Crippen LogP contribution in [0.2, 0.25) is 0 Å². The Hall–Kier alpha value is -1.43. The third-order valence-electron chi connectivity index (χ3n) is 2.58. The maximum Gasteiger partial charge on any atom is 0.426 e. The van der Waals surface area contributed by atoms with E-state index in [1.165, 1.54) is 12.1 Å². The summed E-state index contributed by atoms with van der Waals surface area (Å²) in [5, 5.41) is 0. The van der Waals surface area contributed by atoms with Crippen LogP contribution >= 0.6 is 0 Å². The van der Waals surface area contributed by atoms with Crippen molar-refractivity contribution in [3.8, 4) is 11.5 Å². The average molecular weight is 277 g/mol. The fraction of sp³-hybridized carbons (Fsp3) is 0.538. The molecule has 2 N–H and O–H groups in total. The van der Waals surface area contributed by atoms with Gasteiger partial charge < -0.3 is 15.2 Å². The van der Waals surface area contributed by atoms with Crippen molar-refractivity contribution in [2.45, 2.75) is 38.6 Å². The number of nitrogens with two attached hydrogens (primary N) is 1. The molecule has 0 saturated carbocycles. The third-order valence-corrected chi connectivity index (χ3v) is 2.58. The molecule has 0 radical (unpaired) electrons. The highest BCUT2D eigenvalue weighted by atomic mass is 19.4. The Labute approximate surface area is 110 Å². The standard InChI is InChI=1S/C13H18F3NO2/c1-3-11(17)12(13(14,15)16)19-10-7-5-9(6-8-10)18-4-2/h5-8,11-12H,3-4,17H2,1-2H3. The Kier molecular flexibility index (Phi) is 5.47. The van der Waals surface area contributed by atoms with Gasteiger partial charge in [-0.3, -0.25) is 0 Å². The first-order chi connectivity index (χ1) is 8.88. The van der Waals surface area contributed by atoms with Crippen molar-refractivity contribution >= 4 is 0 Å². The normalized spacial score (nSPS) is 14.8. The molecular formula is C13H18F3NO2. The van der Waals surface area contributed by atoms with Gasteiger partial charge in [0.15, 0.2) is 0 Å². The van der Waals surface area contributed by atoms with Crippen LogP contribution in [0, 0.1) is 0 Å². The van der Waals surface area contributed by atoms with Gasteiger partial charge in [0, 0.05) is 0 Å². The van der Waals surface area contributed by atoms with Gasteiger partial charge in [0.2, 0.25) is 6.10 Å². The largest absolute Gasteiger partial charge is 0.494 e. The van der Waals surface area contributed by atoms with Crippen molar-refractivity contribution in [3.05, 3.63) is 24.3 Å². The SMILES string of the molecule is CCOc1ccc(OC(C(N)CC)C(F)(F)F)cc1. The lowest BCUT2D eigenvalue weighted by atomic mass is 10.1. The first kappa shape index (κ1) is 15.6. The number of ether oxygens (including phenoxy) is 2. The highest BCUT2D eigenvalue weighted by molar-refractivity contribution is 5.31. The first-order valence-electron chi connectivity index (χ1n) is 6.10. The van der Waals surface area contributed by atoms with Gasteiger partial charge in [0.1, 0.15) is 11.5 Å². The van der Waals surface area contributed by atoms with E-state index >= 15 is 0 Å². The van der Waals surface area contributed by atoms with Crippen LogP contribution < -0.4 is 15.2 Å². The zero-order valence-electron chi connectivity index (χ0n) is 10.9. The van der Waals surface area contributed by atoms with E-state index in [-0.39, 0.29) is 12.2 Å². The van der Waals surface area contributed by atoms with E-state index in [1.807, 2.05) is 6.92 Å². The molecule has 0 aliphatic carbocycles. The minimum absolute atomic E-state index is 0.120. The second kappa shape index (κ2) is 6.65. The molecule has 0 saturated heterocycles. The van der Waals surface area contributed by atoms with Gasteiger partial charge in [-0.15, -0.1) is 0 Å². The quantitative estimate of drug-likeness (QED) is 0.868. The molecular weight excluding hydrogens is 259 g/mol. The van der Waals surface area contributed by atoms with Crippen LogP contribution in [0.3, 0.4) is 0 Å². The van der Waals surface area contributed by atoms with Gasteiger partial charge in [-0.05, 0) is 37.6 Å². The number of hydrogen-bond acceptors (Lipinski definition) is 3. The van der Waals surface area contributed by atoms with Crippen molar-refractivity contribution in [3.63, 3.8) is 0 Å². The van der Waals surface area contributed by atoms with Crippen LogP contribution in [0.1, 0.15) is 20.3 Å². The molecule has 0 bridgehead atoms. The van der Waals surface area contributed by atoms with Crippen LogP contribution in [-0.4, -0.2) is 24.9 Å². The van der Waals surface area contributed by atoms with E-state index in [0.29, 0.717) is 12.4 Å². The van der Waals surface area contributed by atoms with Crippen LogP contribution in [0.25, 0.3) is 0 Å². The van der Waals surface area contributed by atoms with E-state index in [1.54, 1.807) is 19.1 Å². The van der Waals surface area contributed by atoms with Gasteiger partial charge >= 0.3 is 6.18 Å². The van der Waals surface area contributed by atoms with Crippen LogP contribution in [-0.2, 0) is 0 Å². The van der Waals surface area contributed by atoms with Crippen molar-refractivity contribution in [2.24, 2.45) is 5.73 Å². The number of benzene rings is 1. The number of halogens is 3. The van der Waals surface area contributed by atoms with E-state index in [4.69, 9.17) is 15.2 Å². The Morgan fingerprint density at radius 3 is 2.05 bits per heavy atom. The Bertz CT molecular complexity index is 378. The van der Waals surface area contributed by atoms with Gasteiger partial charge in [-0.25, -0.2) is 0 Å². The predicted molar refractivity (Wildman–Crippen MR) is 66.3 cm³/mol. The summed E-state index contributed by atoms with van der Waals surface area (Å²) in [5.41, 5.74) is 5.46. The molecule has 3 nitrogen and oxygen atoms in total. The number of alkyl halides is 3. The minimum atomic E-state index is -4.49. The Balaban J connectivity index is 2.79. The lowest BCUT2D eigenvalue weighted by molar-refractivity contribution is -0.200. The van der Waals surface area contributed by atoms with Crippen LogP contribution in [0.4, 0.5) is 13.2 Å². The summed E-state index contributed by atoms with van der Waals surface area (Å²) in [4.78, 5) is 0. The Morgan fingerprint density at radius 2 is 1.63 bits per heavy atom. The smallest absolute Gasteiger partial charge is 0.426 e. The molecule has 0 spiro atoms. The van der Waals surface area contributed by atoms with Gasteiger partial charge in [0.05, 0.1) is 12.6 Å². The average Bonchev–Trinajstić information content (AvgIpc) is 2.36. The van der Waals surface area contributed by atoms with Crippen molar-refractivity contribution in [1.29, 1.82) is 0 Å². The maximum absolute atomic E-state index is 12.8. The summed E-state index contributed by atoms with van der Waals surface area (Å²) in [5.74, 6) is 0.702. The number of hydrogen-bond donors (Lipinski definition) is 1. The molecule has 0 aliphatic heterocycles. The topological polar surface area (TPSA) is 44.5 Å². The molecule has 108 valence electrons. The molecule has 2 unspecified atom stereocenters. The molecule has 0 aliphatic rings. The van der Waals surface area contributed by atoms with Crippen molar-refractivity contribution < 1.29 is 22.6 Å². The van der Waals surface area contributed by atoms with E-state index in [9.17, 15) is 13.2 Å². The molecule has 6 heteroatoms. The molecule has 1 aromatic rings. The summed E-state index contributed by atoms with van der Waals surface area (Å²) >= 11 is 0. The highest BCUT2D eigenvalue weighted by Crippen LogP contribution is 2.28. The molecule has 1 aromatic carbocycles. The summed E-state index contributed by atoms with van der Waals surface area (Å²) in [6.45, 7) is 3.90. The summed E-state index contributed by atoms with van der Waals surface area (Å²) in [6, 6.07) is 4.90. The second-order valence-corrected chi connectivity index (χ2v) is 4.06. The third kappa shape index (κ3) is 4.63.